The summed E-state index contributed by atoms with van der Waals surface area (Å²) >= 11 is 0. The number of amides is 1. The second-order valence-electron chi connectivity index (χ2n) is 6.02. The standard InChI is InChI=1S/C17H18FN7O2/c1-2-27-17(26)24-9-7-23(8-10-24)15-14-16(20-11-19-15)25(22-21-14)13-5-3-12(18)4-6-13/h3-6,11H,2,7-10H2,1H3. The van der Waals surface area contributed by atoms with E-state index in [1.807, 2.05) is 4.90 Å². The van der Waals surface area contributed by atoms with Crippen molar-refractivity contribution in [1.29, 1.82) is 0 Å². The van der Waals surface area contributed by atoms with Crippen molar-refractivity contribution in [1.82, 2.24) is 29.9 Å². The van der Waals surface area contributed by atoms with Crippen LogP contribution in [0.2, 0.25) is 0 Å². The van der Waals surface area contributed by atoms with Crippen LogP contribution in [0, 0.1) is 5.82 Å². The summed E-state index contributed by atoms with van der Waals surface area (Å²) in [7, 11) is 0. The van der Waals surface area contributed by atoms with E-state index in [-0.39, 0.29) is 11.9 Å². The third-order valence-electron chi connectivity index (χ3n) is 4.39. The Balaban J connectivity index is 1.59. The number of anilines is 1. The van der Waals surface area contributed by atoms with Crippen molar-refractivity contribution in [3.8, 4) is 5.69 Å². The molecule has 1 aromatic carbocycles. The molecule has 1 amide bonds. The van der Waals surface area contributed by atoms with Crippen LogP contribution in [0.15, 0.2) is 30.6 Å². The normalized spacial score (nSPS) is 14.6. The van der Waals surface area contributed by atoms with Gasteiger partial charge in [0.2, 0.25) is 0 Å². The highest BCUT2D eigenvalue weighted by molar-refractivity contribution is 5.83. The molecule has 0 spiro atoms. The predicted molar refractivity (Wildman–Crippen MR) is 95.2 cm³/mol. The van der Waals surface area contributed by atoms with Gasteiger partial charge in [0.15, 0.2) is 17.0 Å². The summed E-state index contributed by atoms with van der Waals surface area (Å²) in [5, 5.41) is 8.37. The molecule has 140 valence electrons. The highest BCUT2D eigenvalue weighted by Crippen LogP contribution is 2.23. The lowest BCUT2D eigenvalue weighted by atomic mass is 10.3. The quantitative estimate of drug-likeness (QED) is 0.691. The highest BCUT2D eigenvalue weighted by atomic mass is 19.1. The fourth-order valence-electron chi connectivity index (χ4n) is 3.04. The van der Waals surface area contributed by atoms with E-state index in [1.54, 1.807) is 28.6 Å². The summed E-state index contributed by atoms with van der Waals surface area (Å²) < 4.78 is 19.8. The zero-order valence-electron chi connectivity index (χ0n) is 14.7. The molecule has 1 aliphatic heterocycles. The topological polar surface area (TPSA) is 89.3 Å². The van der Waals surface area contributed by atoms with Gasteiger partial charge in [0.25, 0.3) is 0 Å². The molecule has 1 aliphatic rings. The zero-order valence-corrected chi connectivity index (χ0v) is 14.7. The molecule has 0 aliphatic carbocycles. The highest BCUT2D eigenvalue weighted by Gasteiger charge is 2.25. The van der Waals surface area contributed by atoms with E-state index in [0.29, 0.717) is 55.5 Å². The van der Waals surface area contributed by atoms with Crippen LogP contribution in [-0.4, -0.2) is 68.7 Å². The van der Waals surface area contributed by atoms with Gasteiger partial charge in [0, 0.05) is 26.2 Å². The van der Waals surface area contributed by atoms with E-state index < -0.39 is 0 Å². The Morgan fingerprint density at radius 1 is 1.15 bits per heavy atom. The second-order valence-corrected chi connectivity index (χ2v) is 6.02. The van der Waals surface area contributed by atoms with Gasteiger partial charge in [-0.25, -0.2) is 19.2 Å². The molecule has 9 nitrogen and oxygen atoms in total. The lowest BCUT2D eigenvalue weighted by Crippen LogP contribution is -2.49. The Bertz CT molecular complexity index is 952. The van der Waals surface area contributed by atoms with Crippen LogP contribution in [0.4, 0.5) is 15.0 Å². The summed E-state index contributed by atoms with van der Waals surface area (Å²) in [6.45, 7) is 4.43. The van der Waals surface area contributed by atoms with Gasteiger partial charge in [0.05, 0.1) is 12.3 Å². The molecule has 1 fully saturated rings. The summed E-state index contributed by atoms with van der Waals surface area (Å²) in [6, 6.07) is 5.95. The largest absolute Gasteiger partial charge is 0.450 e. The first-order chi connectivity index (χ1) is 13.2. The third-order valence-corrected chi connectivity index (χ3v) is 4.39. The number of hydrogen-bond acceptors (Lipinski definition) is 7. The number of halogens is 1. The number of rotatable bonds is 3. The first-order valence-electron chi connectivity index (χ1n) is 8.66. The predicted octanol–water partition coefficient (Wildman–Crippen LogP) is 1.63. The molecule has 0 saturated carbocycles. The van der Waals surface area contributed by atoms with Crippen molar-refractivity contribution in [2.45, 2.75) is 6.92 Å². The number of carbonyl (C=O) groups is 1. The van der Waals surface area contributed by atoms with Gasteiger partial charge in [-0.2, -0.15) is 4.68 Å². The summed E-state index contributed by atoms with van der Waals surface area (Å²) in [5.41, 5.74) is 1.77. The molecular formula is C17H18FN7O2. The van der Waals surface area contributed by atoms with Gasteiger partial charge in [-0.15, -0.1) is 5.10 Å². The Morgan fingerprint density at radius 3 is 2.59 bits per heavy atom. The van der Waals surface area contributed by atoms with Gasteiger partial charge in [-0.1, -0.05) is 5.21 Å². The maximum Gasteiger partial charge on any atom is 0.409 e. The number of ether oxygens (including phenoxy) is 1. The number of hydrogen-bond donors (Lipinski definition) is 0. The molecule has 2 aromatic heterocycles. The van der Waals surface area contributed by atoms with Crippen LogP contribution in [-0.2, 0) is 4.74 Å². The molecule has 0 unspecified atom stereocenters. The van der Waals surface area contributed by atoms with Crippen molar-refractivity contribution in [2.75, 3.05) is 37.7 Å². The Labute approximate surface area is 154 Å². The van der Waals surface area contributed by atoms with Crippen LogP contribution in [0.5, 0.6) is 0 Å². The Hall–Kier alpha value is -3.30. The van der Waals surface area contributed by atoms with Crippen molar-refractivity contribution in [2.24, 2.45) is 0 Å². The minimum atomic E-state index is -0.321. The fourth-order valence-corrected chi connectivity index (χ4v) is 3.04. The molecule has 1 saturated heterocycles. The first kappa shape index (κ1) is 17.1. The van der Waals surface area contributed by atoms with Crippen LogP contribution >= 0.6 is 0 Å². The van der Waals surface area contributed by atoms with E-state index in [9.17, 15) is 9.18 Å². The third kappa shape index (κ3) is 3.25. The van der Waals surface area contributed by atoms with E-state index in [1.165, 1.54) is 18.5 Å². The van der Waals surface area contributed by atoms with E-state index >= 15 is 0 Å². The number of fused-ring (bicyclic) bond motifs is 1. The van der Waals surface area contributed by atoms with E-state index in [0.717, 1.165) is 0 Å². The first-order valence-corrected chi connectivity index (χ1v) is 8.66. The number of aromatic nitrogens is 5. The van der Waals surface area contributed by atoms with Gasteiger partial charge in [-0.05, 0) is 31.2 Å². The van der Waals surface area contributed by atoms with E-state index in [2.05, 4.69) is 20.3 Å². The molecule has 0 N–H and O–H groups in total. The molecule has 4 rings (SSSR count). The minimum Gasteiger partial charge on any atom is -0.450 e. The Kier molecular flexibility index (Phi) is 4.53. The molecule has 0 bridgehead atoms. The average molecular weight is 371 g/mol. The molecule has 3 aromatic rings. The molecule has 27 heavy (non-hydrogen) atoms. The van der Waals surface area contributed by atoms with Crippen LogP contribution in [0.1, 0.15) is 6.92 Å². The smallest absolute Gasteiger partial charge is 0.409 e. The minimum absolute atomic E-state index is 0.299. The summed E-state index contributed by atoms with van der Waals surface area (Å²) in [6.07, 6.45) is 1.16. The number of carbonyl (C=O) groups excluding carboxylic acids is 1. The van der Waals surface area contributed by atoms with Crippen molar-refractivity contribution in [3.05, 3.63) is 36.4 Å². The van der Waals surface area contributed by atoms with Crippen molar-refractivity contribution >= 4 is 23.1 Å². The maximum atomic E-state index is 13.2. The number of benzene rings is 1. The van der Waals surface area contributed by atoms with Crippen LogP contribution < -0.4 is 4.90 Å². The van der Waals surface area contributed by atoms with Crippen molar-refractivity contribution < 1.29 is 13.9 Å². The molecule has 10 heteroatoms. The van der Waals surface area contributed by atoms with Gasteiger partial charge < -0.3 is 14.5 Å². The fraction of sp³-hybridized carbons (Fsp3) is 0.353. The summed E-state index contributed by atoms with van der Waals surface area (Å²) in [4.78, 5) is 24.2. The average Bonchev–Trinajstić information content (AvgIpc) is 3.13. The van der Waals surface area contributed by atoms with Crippen molar-refractivity contribution in [3.63, 3.8) is 0 Å². The SMILES string of the molecule is CCOC(=O)N1CCN(c2ncnc3c2nnn3-c2ccc(F)cc2)CC1. The molecular weight excluding hydrogens is 353 g/mol. The molecule has 0 radical (unpaired) electrons. The zero-order chi connectivity index (χ0) is 18.8. The molecule has 3 heterocycles. The lowest BCUT2D eigenvalue weighted by molar-refractivity contribution is 0.105. The number of nitrogens with zero attached hydrogens (tertiary/aromatic N) is 7. The maximum absolute atomic E-state index is 13.2. The lowest BCUT2D eigenvalue weighted by Gasteiger charge is -2.34. The summed E-state index contributed by atoms with van der Waals surface area (Å²) in [5.74, 6) is 0.342. The molecule has 0 atom stereocenters. The van der Waals surface area contributed by atoms with Crippen LogP contribution in [0.3, 0.4) is 0 Å². The van der Waals surface area contributed by atoms with Gasteiger partial charge in [0.1, 0.15) is 12.1 Å². The van der Waals surface area contributed by atoms with Crippen LogP contribution in [0.25, 0.3) is 16.9 Å². The van der Waals surface area contributed by atoms with E-state index in [4.69, 9.17) is 4.74 Å². The number of piperazine rings is 1. The van der Waals surface area contributed by atoms with Gasteiger partial charge >= 0.3 is 6.09 Å². The van der Waals surface area contributed by atoms with Gasteiger partial charge in [-0.3, -0.25) is 0 Å². The second kappa shape index (κ2) is 7.14. The monoisotopic (exact) mass is 371 g/mol. The Morgan fingerprint density at radius 2 is 1.89 bits per heavy atom.